The van der Waals surface area contributed by atoms with Crippen LogP contribution in [0, 0.1) is 20.8 Å². The average Bonchev–Trinajstić information content (AvgIpc) is 3.16. The molecule has 2 heterocycles. The van der Waals surface area contributed by atoms with E-state index in [-0.39, 0.29) is 18.4 Å². The summed E-state index contributed by atoms with van der Waals surface area (Å²) in [5, 5.41) is 6.44. The van der Waals surface area contributed by atoms with Gasteiger partial charge in [0.2, 0.25) is 5.91 Å². The van der Waals surface area contributed by atoms with E-state index in [0.717, 1.165) is 18.5 Å². The maximum Gasteiger partial charge on any atom is 0.333 e. The molecule has 1 fully saturated rings. The Balaban J connectivity index is 1.85. The van der Waals surface area contributed by atoms with Crippen molar-refractivity contribution < 1.29 is 13.6 Å². The summed E-state index contributed by atoms with van der Waals surface area (Å²) in [5.74, 6) is -0.109. The van der Waals surface area contributed by atoms with Gasteiger partial charge in [0, 0.05) is 22.7 Å². The molecule has 5 nitrogen and oxygen atoms in total. The lowest BCUT2D eigenvalue weighted by molar-refractivity contribution is -0.118. The molecule has 1 amide bonds. The number of anilines is 1. The van der Waals surface area contributed by atoms with E-state index in [1.807, 2.05) is 12.3 Å². The Morgan fingerprint density at radius 2 is 2.13 bits per heavy atom. The van der Waals surface area contributed by atoms with Crippen molar-refractivity contribution in [1.29, 1.82) is 0 Å². The summed E-state index contributed by atoms with van der Waals surface area (Å²) in [4.78, 5) is 18.9. The number of carbonyl (C=O) groups excluding carboxylic acids is 1. The fourth-order valence-electron chi connectivity index (χ4n) is 2.63. The van der Waals surface area contributed by atoms with Crippen molar-refractivity contribution in [3.63, 3.8) is 0 Å². The molecule has 8 heteroatoms. The molecule has 1 aliphatic rings. The Morgan fingerprint density at radius 3 is 2.61 bits per heavy atom. The molecule has 2 aromatic rings. The van der Waals surface area contributed by atoms with Crippen LogP contribution >= 0.6 is 11.3 Å². The molecule has 2 aromatic heterocycles. The van der Waals surface area contributed by atoms with Crippen LogP contribution in [0.3, 0.4) is 0 Å². The Bertz CT molecular complexity index is 736. The third kappa shape index (κ3) is 3.12. The summed E-state index contributed by atoms with van der Waals surface area (Å²) in [6.45, 7) is 2.42. The van der Waals surface area contributed by atoms with E-state index in [2.05, 4.69) is 10.1 Å². The van der Waals surface area contributed by atoms with Gasteiger partial charge in [-0.25, -0.2) is 9.67 Å². The Kier molecular flexibility index (Phi) is 4.18. The highest BCUT2D eigenvalue weighted by atomic mass is 32.1. The van der Waals surface area contributed by atoms with Crippen LogP contribution in [0.2, 0.25) is 0 Å². The fraction of sp³-hybridized carbons (Fsp3) is 0.533. The van der Waals surface area contributed by atoms with Crippen LogP contribution in [0.1, 0.15) is 42.0 Å². The SMILES string of the molecule is Cc1csc(N(C(=O)Cc2c(C)nn(C(F)F)c2C)C2CC2)n1. The summed E-state index contributed by atoms with van der Waals surface area (Å²) in [7, 11) is 0. The van der Waals surface area contributed by atoms with Gasteiger partial charge in [-0.3, -0.25) is 9.69 Å². The number of halogens is 2. The average molecular weight is 340 g/mol. The summed E-state index contributed by atoms with van der Waals surface area (Å²) in [6.07, 6.45) is 1.98. The summed E-state index contributed by atoms with van der Waals surface area (Å²) in [5.41, 5.74) is 2.27. The van der Waals surface area contributed by atoms with Crippen LogP contribution in [0.25, 0.3) is 0 Å². The molecule has 1 saturated carbocycles. The number of hydrogen-bond donors (Lipinski definition) is 0. The second kappa shape index (κ2) is 5.99. The van der Waals surface area contributed by atoms with Crippen molar-refractivity contribution in [2.45, 2.75) is 52.6 Å². The van der Waals surface area contributed by atoms with E-state index < -0.39 is 6.55 Å². The predicted octanol–water partition coefficient (Wildman–Crippen LogP) is 3.40. The molecule has 0 radical (unpaired) electrons. The molecule has 0 unspecified atom stereocenters. The molecule has 1 aliphatic carbocycles. The van der Waals surface area contributed by atoms with E-state index in [9.17, 15) is 13.6 Å². The smallest absolute Gasteiger partial charge is 0.285 e. The number of aromatic nitrogens is 3. The molecule has 0 atom stereocenters. The van der Waals surface area contributed by atoms with Crippen molar-refractivity contribution >= 4 is 22.4 Å². The molecule has 0 bridgehead atoms. The zero-order valence-electron chi connectivity index (χ0n) is 13.2. The minimum Gasteiger partial charge on any atom is -0.285 e. The van der Waals surface area contributed by atoms with Gasteiger partial charge in [0.25, 0.3) is 0 Å². The largest absolute Gasteiger partial charge is 0.333 e. The monoisotopic (exact) mass is 340 g/mol. The maximum atomic E-state index is 12.9. The zero-order chi connectivity index (χ0) is 16.7. The van der Waals surface area contributed by atoms with Gasteiger partial charge in [-0.05, 0) is 33.6 Å². The highest BCUT2D eigenvalue weighted by Gasteiger charge is 2.36. The molecular weight excluding hydrogens is 322 g/mol. The van der Waals surface area contributed by atoms with Crippen LogP contribution in [0.15, 0.2) is 5.38 Å². The third-order valence-electron chi connectivity index (χ3n) is 3.98. The van der Waals surface area contributed by atoms with Gasteiger partial charge in [0.1, 0.15) is 0 Å². The van der Waals surface area contributed by atoms with E-state index in [1.54, 1.807) is 18.7 Å². The Labute approximate surface area is 136 Å². The molecule has 23 heavy (non-hydrogen) atoms. The fourth-order valence-corrected chi connectivity index (χ4v) is 3.52. The summed E-state index contributed by atoms with van der Waals surface area (Å²) >= 11 is 1.44. The second-order valence-corrected chi connectivity index (χ2v) is 6.65. The number of aryl methyl sites for hydroxylation is 2. The lowest BCUT2D eigenvalue weighted by Gasteiger charge is -2.19. The number of carbonyl (C=O) groups is 1. The first kappa shape index (κ1) is 16.0. The maximum absolute atomic E-state index is 12.9. The second-order valence-electron chi connectivity index (χ2n) is 5.81. The Hall–Kier alpha value is -1.83. The standard InChI is InChI=1S/C15H18F2N4OS/c1-8-7-23-15(18-8)20(11-4-5-11)13(22)6-12-9(2)19-21(10(12)3)14(16)17/h7,11,14H,4-6H2,1-3H3. The Morgan fingerprint density at radius 1 is 1.43 bits per heavy atom. The van der Waals surface area contributed by atoms with Crippen molar-refractivity contribution in [1.82, 2.24) is 14.8 Å². The van der Waals surface area contributed by atoms with Gasteiger partial charge in [0.15, 0.2) is 5.13 Å². The molecule has 0 spiro atoms. The first-order valence-corrected chi connectivity index (χ1v) is 8.33. The minimum absolute atomic E-state index is 0.0690. The molecular formula is C15H18F2N4OS. The van der Waals surface area contributed by atoms with Crippen molar-refractivity contribution in [2.24, 2.45) is 0 Å². The number of nitrogens with zero attached hydrogens (tertiary/aromatic N) is 4. The van der Waals surface area contributed by atoms with Gasteiger partial charge >= 0.3 is 6.55 Å². The minimum atomic E-state index is -2.70. The van der Waals surface area contributed by atoms with Gasteiger partial charge in [-0.2, -0.15) is 13.9 Å². The lowest BCUT2D eigenvalue weighted by Crippen LogP contribution is -2.34. The molecule has 0 N–H and O–H groups in total. The number of hydrogen-bond acceptors (Lipinski definition) is 4. The quantitative estimate of drug-likeness (QED) is 0.838. The van der Waals surface area contributed by atoms with Gasteiger partial charge in [0.05, 0.1) is 17.8 Å². The number of amides is 1. The topological polar surface area (TPSA) is 51.0 Å². The highest BCUT2D eigenvalue weighted by Crippen LogP contribution is 2.34. The number of alkyl halides is 2. The summed E-state index contributed by atoms with van der Waals surface area (Å²) < 4.78 is 26.5. The molecule has 3 rings (SSSR count). The van der Waals surface area contributed by atoms with Crippen LogP contribution in [0.5, 0.6) is 0 Å². The van der Waals surface area contributed by atoms with Gasteiger partial charge in [-0.15, -0.1) is 11.3 Å². The number of thiazole rings is 1. The third-order valence-corrected chi connectivity index (χ3v) is 4.94. The molecule has 0 aliphatic heterocycles. The van der Waals surface area contributed by atoms with Gasteiger partial charge < -0.3 is 0 Å². The van der Waals surface area contributed by atoms with E-state index in [0.29, 0.717) is 26.8 Å². The van der Waals surface area contributed by atoms with E-state index >= 15 is 0 Å². The first-order chi connectivity index (χ1) is 10.9. The first-order valence-electron chi connectivity index (χ1n) is 7.45. The zero-order valence-corrected chi connectivity index (χ0v) is 14.0. The van der Waals surface area contributed by atoms with Crippen LogP contribution < -0.4 is 4.90 Å². The van der Waals surface area contributed by atoms with E-state index in [4.69, 9.17) is 0 Å². The van der Waals surface area contributed by atoms with Crippen molar-refractivity contribution in [3.05, 3.63) is 28.0 Å². The van der Waals surface area contributed by atoms with Crippen LogP contribution in [0.4, 0.5) is 13.9 Å². The molecule has 0 saturated heterocycles. The molecule has 0 aromatic carbocycles. The normalized spacial score (nSPS) is 14.5. The van der Waals surface area contributed by atoms with Gasteiger partial charge in [-0.1, -0.05) is 0 Å². The van der Waals surface area contributed by atoms with Crippen LogP contribution in [-0.4, -0.2) is 26.7 Å². The lowest BCUT2D eigenvalue weighted by atomic mass is 10.1. The molecule has 124 valence electrons. The predicted molar refractivity (Wildman–Crippen MR) is 84.0 cm³/mol. The van der Waals surface area contributed by atoms with Crippen molar-refractivity contribution in [2.75, 3.05) is 4.90 Å². The van der Waals surface area contributed by atoms with E-state index in [1.165, 1.54) is 11.3 Å². The van der Waals surface area contributed by atoms with Crippen LogP contribution in [-0.2, 0) is 11.2 Å². The number of rotatable bonds is 5. The highest BCUT2D eigenvalue weighted by molar-refractivity contribution is 7.14. The summed E-state index contributed by atoms with van der Waals surface area (Å²) in [6, 6.07) is 0.179. The van der Waals surface area contributed by atoms with Crippen molar-refractivity contribution in [3.8, 4) is 0 Å².